The standard InChI is InChI=1S/C17H24ClN3O5S/c1-3-21(9-16(22)19-13-6-7-27(24,25)11-13)10-17(23)20-14-8-12(18)4-5-15(14)26-2/h4-5,8,13H,3,6-7,9-11H2,1-2H3,(H,19,22)(H,20,23)/p+1/t13-/m0/s1. The van der Waals surface area contributed by atoms with Crippen molar-refractivity contribution in [3.8, 4) is 5.75 Å². The number of anilines is 1. The van der Waals surface area contributed by atoms with E-state index in [0.717, 1.165) is 4.90 Å². The molecule has 0 bridgehead atoms. The van der Waals surface area contributed by atoms with Gasteiger partial charge < -0.3 is 20.3 Å². The lowest BCUT2D eigenvalue weighted by Gasteiger charge is -2.19. The molecular weight excluding hydrogens is 394 g/mol. The Hall–Kier alpha value is -1.84. The molecule has 0 aromatic heterocycles. The second kappa shape index (κ2) is 9.38. The van der Waals surface area contributed by atoms with E-state index in [1.165, 1.54) is 7.11 Å². The lowest BCUT2D eigenvalue weighted by molar-refractivity contribution is -0.881. The smallest absolute Gasteiger partial charge is 0.279 e. The van der Waals surface area contributed by atoms with Crippen LogP contribution < -0.4 is 20.3 Å². The summed E-state index contributed by atoms with van der Waals surface area (Å²) in [5.74, 6) is 0.0400. The maximum absolute atomic E-state index is 12.3. The van der Waals surface area contributed by atoms with Gasteiger partial charge in [-0.1, -0.05) is 11.6 Å². The van der Waals surface area contributed by atoms with Crippen molar-refractivity contribution in [2.45, 2.75) is 19.4 Å². The third-order valence-electron chi connectivity index (χ3n) is 4.35. The molecule has 1 aromatic rings. The first-order valence-electron chi connectivity index (χ1n) is 8.69. The van der Waals surface area contributed by atoms with Gasteiger partial charge in [-0.25, -0.2) is 8.42 Å². The first kappa shape index (κ1) is 21.5. The minimum Gasteiger partial charge on any atom is -0.495 e. The number of rotatable bonds is 8. The van der Waals surface area contributed by atoms with Gasteiger partial charge in [0.25, 0.3) is 11.8 Å². The number of quaternary nitrogens is 1. The normalized spacial score (nSPS) is 19.3. The first-order valence-corrected chi connectivity index (χ1v) is 10.9. The summed E-state index contributed by atoms with van der Waals surface area (Å²) in [7, 11) is -1.55. The van der Waals surface area contributed by atoms with Crippen LogP contribution in [-0.2, 0) is 19.4 Å². The van der Waals surface area contributed by atoms with E-state index in [1.54, 1.807) is 18.2 Å². The van der Waals surface area contributed by atoms with Gasteiger partial charge in [-0.2, -0.15) is 0 Å². The molecular formula is C17H25ClN3O5S+. The van der Waals surface area contributed by atoms with Crippen LogP contribution in [0.1, 0.15) is 13.3 Å². The molecule has 2 atom stereocenters. The Labute approximate surface area is 164 Å². The summed E-state index contributed by atoms with van der Waals surface area (Å²) < 4.78 is 28.1. The summed E-state index contributed by atoms with van der Waals surface area (Å²) in [5.41, 5.74) is 0.464. The number of hydrogen-bond acceptors (Lipinski definition) is 5. The van der Waals surface area contributed by atoms with E-state index < -0.39 is 9.84 Å². The van der Waals surface area contributed by atoms with Crippen LogP contribution >= 0.6 is 11.6 Å². The van der Waals surface area contributed by atoms with E-state index >= 15 is 0 Å². The highest BCUT2D eigenvalue weighted by Gasteiger charge is 2.29. The molecule has 0 aliphatic carbocycles. The molecule has 150 valence electrons. The van der Waals surface area contributed by atoms with Gasteiger partial charge in [-0.05, 0) is 31.5 Å². The predicted octanol–water partition coefficient (Wildman–Crippen LogP) is -0.505. The van der Waals surface area contributed by atoms with Crippen LogP contribution in [0.25, 0.3) is 0 Å². The molecule has 8 nitrogen and oxygen atoms in total. The monoisotopic (exact) mass is 418 g/mol. The summed E-state index contributed by atoms with van der Waals surface area (Å²) >= 11 is 5.95. The van der Waals surface area contributed by atoms with Gasteiger partial charge >= 0.3 is 0 Å². The molecule has 0 radical (unpaired) electrons. The second-order valence-electron chi connectivity index (χ2n) is 6.52. The first-order chi connectivity index (χ1) is 12.7. The molecule has 1 aliphatic heterocycles. The maximum Gasteiger partial charge on any atom is 0.279 e. The molecule has 0 saturated carbocycles. The van der Waals surface area contributed by atoms with Crippen molar-refractivity contribution in [2.24, 2.45) is 0 Å². The van der Waals surface area contributed by atoms with Crippen LogP contribution in [0.2, 0.25) is 5.02 Å². The number of benzene rings is 1. The third-order valence-corrected chi connectivity index (χ3v) is 6.36. The average molecular weight is 419 g/mol. The van der Waals surface area contributed by atoms with Gasteiger partial charge in [0.1, 0.15) is 5.75 Å². The fraction of sp³-hybridized carbons (Fsp3) is 0.529. The van der Waals surface area contributed by atoms with Gasteiger partial charge in [0.15, 0.2) is 22.9 Å². The van der Waals surface area contributed by atoms with E-state index in [1.807, 2.05) is 6.92 Å². The molecule has 0 spiro atoms. The Morgan fingerprint density at radius 3 is 2.59 bits per heavy atom. The molecule has 1 unspecified atom stereocenters. The van der Waals surface area contributed by atoms with Crippen molar-refractivity contribution in [3.63, 3.8) is 0 Å². The van der Waals surface area contributed by atoms with Gasteiger partial charge in [0.05, 0.1) is 30.8 Å². The van der Waals surface area contributed by atoms with E-state index in [9.17, 15) is 18.0 Å². The zero-order valence-corrected chi connectivity index (χ0v) is 17.0. The Morgan fingerprint density at radius 1 is 1.30 bits per heavy atom. The summed E-state index contributed by atoms with van der Waals surface area (Å²) in [4.78, 5) is 25.3. The zero-order chi connectivity index (χ0) is 20.0. The molecule has 27 heavy (non-hydrogen) atoms. The van der Waals surface area contributed by atoms with Gasteiger partial charge in [-0.3, -0.25) is 9.59 Å². The van der Waals surface area contributed by atoms with Crippen molar-refractivity contribution in [2.75, 3.05) is 43.6 Å². The van der Waals surface area contributed by atoms with Crippen LogP contribution in [0.5, 0.6) is 5.75 Å². The molecule has 3 N–H and O–H groups in total. The van der Waals surface area contributed by atoms with Crippen molar-refractivity contribution in [3.05, 3.63) is 23.2 Å². The van der Waals surface area contributed by atoms with Crippen molar-refractivity contribution >= 4 is 38.9 Å². The maximum atomic E-state index is 12.3. The van der Waals surface area contributed by atoms with Crippen molar-refractivity contribution < 1.29 is 27.6 Å². The quantitative estimate of drug-likeness (QED) is 0.527. The number of hydrogen-bond donors (Lipinski definition) is 3. The number of methoxy groups -OCH3 is 1. The predicted molar refractivity (Wildman–Crippen MR) is 103 cm³/mol. The summed E-state index contributed by atoms with van der Waals surface area (Å²) in [6, 6.07) is 4.57. The average Bonchev–Trinajstić information content (AvgIpc) is 2.92. The molecule has 1 fully saturated rings. The number of nitrogens with one attached hydrogen (secondary N) is 3. The number of carbonyl (C=O) groups is 2. The van der Waals surface area contributed by atoms with Gasteiger partial charge in [0.2, 0.25) is 0 Å². The topological polar surface area (TPSA) is 106 Å². The summed E-state index contributed by atoms with van der Waals surface area (Å²) in [6.45, 7) is 2.61. The highest BCUT2D eigenvalue weighted by Crippen LogP contribution is 2.27. The molecule has 2 amide bonds. The second-order valence-corrected chi connectivity index (χ2v) is 9.18. The summed E-state index contributed by atoms with van der Waals surface area (Å²) in [6.07, 6.45) is 0.435. The van der Waals surface area contributed by atoms with Crippen LogP contribution in [0.15, 0.2) is 18.2 Å². The molecule has 2 rings (SSSR count). The minimum atomic E-state index is -3.05. The Balaban J connectivity index is 1.87. The number of amides is 2. The number of likely N-dealkylation sites (N-methyl/N-ethyl adjacent to an activating group) is 1. The fourth-order valence-electron chi connectivity index (χ4n) is 2.93. The Morgan fingerprint density at radius 2 is 2.00 bits per heavy atom. The lowest BCUT2D eigenvalue weighted by Crippen LogP contribution is -3.14. The Kier molecular flexibility index (Phi) is 7.46. The molecule has 1 aromatic carbocycles. The number of halogens is 1. The van der Waals surface area contributed by atoms with E-state index in [2.05, 4.69) is 10.6 Å². The van der Waals surface area contributed by atoms with Crippen LogP contribution in [-0.4, -0.2) is 64.5 Å². The van der Waals surface area contributed by atoms with Gasteiger partial charge in [0, 0.05) is 11.1 Å². The largest absolute Gasteiger partial charge is 0.495 e. The molecule has 10 heteroatoms. The minimum absolute atomic E-state index is 0.0186. The van der Waals surface area contributed by atoms with Crippen molar-refractivity contribution in [1.29, 1.82) is 0 Å². The van der Waals surface area contributed by atoms with Crippen LogP contribution in [0.3, 0.4) is 0 Å². The van der Waals surface area contributed by atoms with Crippen molar-refractivity contribution in [1.82, 2.24) is 5.32 Å². The molecule has 1 heterocycles. The third kappa shape index (κ3) is 6.67. The van der Waals surface area contributed by atoms with E-state index in [0.29, 0.717) is 29.4 Å². The zero-order valence-electron chi connectivity index (χ0n) is 15.4. The number of sulfone groups is 1. The highest BCUT2D eigenvalue weighted by molar-refractivity contribution is 7.91. The fourth-order valence-corrected chi connectivity index (χ4v) is 4.77. The Bertz CT molecular complexity index is 800. The SMILES string of the molecule is CC[NH+](CC(=O)Nc1cc(Cl)ccc1OC)CC(=O)N[C@H]1CCS(=O)(=O)C1. The lowest BCUT2D eigenvalue weighted by atomic mass is 10.2. The van der Waals surface area contributed by atoms with E-state index in [4.69, 9.17) is 16.3 Å². The number of ether oxygens (including phenoxy) is 1. The number of carbonyl (C=O) groups excluding carboxylic acids is 2. The highest BCUT2D eigenvalue weighted by atomic mass is 35.5. The summed E-state index contributed by atoms with van der Waals surface area (Å²) in [5, 5.41) is 5.95. The van der Waals surface area contributed by atoms with E-state index in [-0.39, 0.29) is 42.5 Å². The molecule has 1 aliphatic rings. The van der Waals surface area contributed by atoms with Crippen LogP contribution in [0, 0.1) is 0 Å². The van der Waals surface area contributed by atoms with Crippen LogP contribution in [0.4, 0.5) is 5.69 Å². The van der Waals surface area contributed by atoms with Gasteiger partial charge in [-0.15, -0.1) is 0 Å². The molecule has 1 saturated heterocycles.